The van der Waals surface area contributed by atoms with Gasteiger partial charge in [-0.15, -0.1) is 11.3 Å². The van der Waals surface area contributed by atoms with Crippen LogP contribution in [0.4, 0.5) is 5.69 Å². The molecule has 1 aromatic carbocycles. The molecule has 0 aliphatic heterocycles. The maximum Gasteiger partial charge on any atom is 0.215 e. The molecule has 5 nitrogen and oxygen atoms in total. The number of sulfonamides is 1. The van der Waals surface area contributed by atoms with Crippen molar-refractivity contribution in [2.45, 2.75) is 13.0 Å². The van der Waals surface area contributed by atoms with E-state index in [4.69, 9.17) is 0 Å². The quantitative estimate of drug-likeness (QED) is 0.886. The van der Waals surface area contributed by atoms with E-state index in [1.54, 1.807) is 31.6 Å². The zero-order chi connectivity index (χ0) is 15.5. The van der Waals surface area contributed by atoms with Crippen molar-refractivity contribution in [1.29, 1.82) is 0 Å². The molecule has 114 valence electrons. The largest absolute Gasteiger partial charge is 0.381 e. The molecule has 7 heteroatoms. The predicted molar refractivity (Wildman–Crippen MR) is 88.1 cm³/mol. The Labute approximate surface area is 129 Å². The van der Waals surface area contributed by atoms with E-state index in [2.05, 4.69) is 10.3 Å². The van der Waals surface area contributed by atoms with Gasteiger partial charge in [-0.3, -0.25) is 0 Å². The third-order valence-corrected chi connectivity index (χ3v) is 5.83. The Morgan fingerprint density at radius 2 is 2.14 bits per heavy atom. The molecule has 1 unspecified atom stereocenters. The first-order chi connectivity index (χ1) is 9.88. The average molecular weight is 325 g/mol. The van der Waals surface area contributed by atoms with Crippen LogP contribution in [0, 0.1) is 0 Å². The molecular formula is C14H19N3O2S2. The minimum Gasteiger partial charge on any atom is -0.381 e. The summed E-state index contributed by atoms with van der Waals surface area (Å²) in [4.78, 5) is 4.28. The van der Waals surface area contributed by atoms with Crippen molar-refractivity contribution in [3.8, 4) is 10.6 Å². The van der Waals surface area contributed by atoms with Gasteiger partial charge in [-0.1, -0.05) is 12.1 Å². The van der Waals surface area contributed by atoms with Gasteiger partial charge in [0.25, 0.3) is 0 Å². The maximum absolute atomic E-state index is 11.9. The van der Waals surface area contributed by atoms with Crippen molar-refractivity contribution in [2.75, 3.05) is 25.2 Å². The van der Waals surface area contributed by atoms with Crippen molar-refractivity contribution in [1.82, 2.24) is 9.29 Å². The summed E-state index contributed by atoms with van der Waals surface area (Å²) in [6.07, 6.45) is 1.77. The molecule has 0 saturated carbocycles. The summed E-state index contributed by atoms with van der Waals surface area (Å²) in [5, 5.41) is 6.11. The molecule has 0 amide bonds. The van der Waals surface area contributed by atoms with Gasteiger partial charge in [0.05, 0.1) is 5.75 Å². The van der Waals surface area contributed by atoms with E-state index >= 15 is 0 Å². The Hall–Kier alpha value is -1.44. The van der Waals surface area contributed by atoms with Crippen LogP contribution < -0.4 is 5.32 Å². The Morgan fingerprint density at radius 1 is 1.38 bits per heavy atom. The molecule has 0 radical (unpaired) electrons. The second-order valence-corrected chi connectivity index (χ2v) is 8.15. The molecule has 2 aromatic rings. The first kappa shape index (κ1) is 15.9. The maximum atomic E-state index is 11.9. The lowest BCUT2D eigenvalue weighted by Crippen LogP contribution is -2.33. The summed E-state index contributed by atoms with van der Waals surface area (Å²) < 4.78 is 25.0. The fraction of sp³-hybridized carbons (Fsp3) is 0.357. The third kappa shape index (κ3) is 4.26. The highest BCUT2D eigenvalue weighted by molar-refractivity contribution is 7.89. The Kier molecular flexibility index (Phi) is 4.97. The fourth-order valence-corrected chi connectivity index (χ4v) is 3.55. The predicted octanol–water partition coefficient (Wildman–Crippen LogP) is 2.50. The van der Waals surface area contributed by atoms with E-state index in [1.807, 2.05) is 36.6 Å². The van der Waals surface area contributed by atoms with Crippen molar-refractivity contribution >= 4 is 27.0 Å². The van der Waals surface area contributed by atoms with E-state index in [0.29, 0.717) is 0 Å². The molecule has 1 aromatic heterocycles. The van der Waals surface area contributed by atoms with Crippen molar-refractivity contribution in [2.24, 2.45) is 0 Å². The first-order valence-corrected chi connectivity index (χ1v) is 9.04. The summed E-state index contributed by atoms with van der Waals surface area (Å²) in [7, 11) is -0.117. The van der Waals surface area contributed by atoms with Gasteiger partial charge in [-0.05, 0) is 19.1 Å². The number of anilines is 1. The molecule has 1 atom stereocenters. The molecule has 0 aliphatic carbocycles. The van der Waals surface area contributed by atoms with Crippen molar-refractivity contribution in [3.63, 3.8) is 0 Å². The lowest BCUT2D eigenvalue weighted by atomic mass is 10.2. The Bertz CT molecular complexity index is 682. The van der Waals surface area contributed by atoms with E-state index in [0.717, 1.165) is 16.3 Å². The van der Waals surface area contributed by atoms with Crippen LogP contribution in [0.1, 0.15) is 6.92 Å². The van der Waals surface area contributed by atoms with Crippen LogP contribution in [0.5, 0.6) is 0 Å². The van der Waals surface area contributed by atoms with E-state index in [-0.39, 0.29) is 11.8 Å². The van der Waals surface area contributed by atoms with Crippen LogP contribution in [0.15, 0.2) is 35.8 Å². The van der Waals surface area contributed by atoms with E-state index < -0.39 is 10.0 Å². The minimum absolute atomic E-state index is 0.0570. The molecule has 0 saturated heterocycles. The van der Waals surface area contributed by atoms with Crippen LogP contribution in [0.25, 0.3) is 10.6 Å². The molecule has 1 N–H and O–H groups in total. The van der Waals surface area contributed by atoms with Gasteiger partial charge in [0.2, 0.25) is 10.0 Å². The van der Waals surface area contributed by atoms with Crippen LogP contribution in [-0.4, -0.2) is 43.6 Å². The van der Waals surface area contributed by atoms with Crippen LogP contribution in [0.3, 0.4) is 0 Å². The molecule has 21 heavy (non-hydrogen) atoms. The summed E-state index contributed by atoms with van der Waals surface area (Å²) in [5.74, 6) is 0.0570. The zero-order valence-corrected chi connectivity index (χ0v) is 13.9. The molecule has 1 heterocycles. The summed E-state index contributed by atoms with van der Waals surface area (Å²) >= 11 is 1.58. The van der Waals surface area contributed by atoms with E-state index in [9.17, 15) is 8.42 Å². The van der Waals surface area contributed by atoms with E-state index in [1.165, 1.54) is 4.31 Å². The minimum atomic E-state index is -3.21. The number of rotatable bonds is 6. The smallest absolute Gasteiger partial charge is 0.215 e. The first-order valence-electron chi connectivity index (χ1n) is 6.55. The second-order valence-electron chi connectivity index (χ2n) is 5.02. The van der Waals surface area contributed by atoms with Gasteiger partial charge in [0.15, 0.2) is 0 Å². The number of benzene rings is 1. The molecule has 0 spiro atoms. The fourth-order valence-electron chi connectivity index (χ4n) is 1.90. The summed E-state index contributed by atoms with van der Waals surface area (Å²) in [5.41, 5.74) is 1.92. The lowest BCUT2D eigenvalue weighted by Gasteiger charge is -2.18. The van der Waals surface area contributed by atoms with Gasteiger partial charge in [-0.25, -0.2) is 17.7 Å². The lowest BCUT2D eigenvalue weighted by molar-refractivity contribution is 0.517. The monoisotopic (exact) mass is 325 g/mol. The number of nitrogens with one attached hydrogen (secondary N) is 1. The average Bonchev–Trinajstić information content (AvgIpc) is 2.91. The molecule has 0 bridgehead atoms. The summed E-state index contributed by atoms with van der Waals surface area (Å²) in [6.45, 7) is 1.86. The second kappa shape index (κ2) is 6.55. The van der Waals surface area contributed by atoms with Crippen LogP contribution >= 0.6 is 11.3 Å². The zero-order valence-electron chi connectivity index (χ0n) is 12.3. The number of hydrogen-bond donors (Lipinski definition) is 1. The molecule has 0 aliphatic rings. The number of aromatic nitrogens is 1. The van der Waals surface area contributed by atoms with Gasteiger partial charge in [0, 0.05) is 43.0 Å². The Balaban J connectivity index is 2.08. The van der Waals surface area contributed by atoms with Crippen LogP contribution in [-0.2, 0) is 10.0 Å². The van der Waals surface area contributed by atoms with Gasteiger partial charge >= 0.3 is 0 Å². The third-order valence-electron chi connectivity index (χ3n) is 2.97. The number of thiazole rings is 1. The van der Waals surface area contributed by atoms with Gasteiger partial charge in [-0.2, -0.15) is 0 Å². The number of nitrogens with zero attached hydrogens (tertiary/aromatic N) is 2. The molecule has 2 rings (SSSR count). The highest BCUT2D eigenvalue weighted by Gasteiger charge is 2.18. The summed E-state index contributed by atoms with van der Waals surface area (Å²) in [6, 6.07) is 7.66. The standard InChI is InChI=1S/C14H19N3O2S2/c1-11(10-21(18,19)17(2)3)16-13-6-4-5-12(9-13)14-15-7-8-20-14/h4-9,11,16H,10H2,1-3H3. The van der Waals surface area contributed by atoms with Crippen molar-refractivity contribution in [3.05, 3.63) is 35.8 Å². The SMILES string of the molecule is CC(CS(=O)(=O)N(C)C)Nc1cccc(-c2nccs2)c1. The molecule has 0 fully saturated rings. The molecular weight excluding hydrogens is 306 g/mol. The van der Waals surface area contributed by atoms with Crippen molar-refractivity contribution < 1.29 is 8.42 Å². The highest BCUT2D eigenvalue weighted by atomic mass is 32.2. The number of hydrogen-bond acceptors (Lipinski definition) is 5. The van der Waals surface area contributed by atoms with Gasteiger partial charge < -0.3 is 5.32 Å². The Morgan fingerprint density at radius 3 is 2.76 bits per heavy atom. The van der Waals surface area contributed by atoms with Gasteiger partial charge in [0.1, 0.15) is 5.01 Å². The highest BCUT2D eigenvalue weighted by Crippen LogP contribution is 2.24. The topological polar surface area (TPSA) is 62.3 Å². The van der Waals surface area contributed by atoms with Crippen LogP contribution in [0.2, 0.25) is 0 Å². The normalized spacial score (nSPS) is 13.3.